The molecule has 0 bridgehead atoms. The van der Waals surface area contributed by atoms with E-state index < -0.39 is 34.8 Å². The maximum absolute atomic E-state index is 14.1. The van der Waals surface area contributed by atoms with E-state index in [0.29, 0.717) is 36.6 Å². The number of hydrogen-bond donors (Lipinski definition) is 3. The van der Waals surface area contributed by atoms with Gasteiger partial charge in [-0.15, -0.1) is 0 Å². The summed E-state index contributed by atoms with van der Waals surface area (Å²) >= 11 is 0. The van der Waals surface area contributed by atoms with Crippen LogP contribution in [0.15, 0.2) is 36.4 Å². The average Bonchev–Trinajstić information content (AvgIpc) is 2.78. The van der Waals surface area contributed by atoms with E-state index in [-0.39, 0.29) is 18.5 Å². The van der Waals surface area contributed by atoms with Gasteiger partial charge in [0.2, 0.25) is 5.91 Å². The van der Waals surface area contributed by atoms with Crippen LogP contribution in [0.4, 0.5) is 13.2 Å². The van der Waals surface area contributed by atoms with Crippen LogP contribution in [0, 0.1) is 17.5 Å². The van der Waals surface area contributed by atoms with E-state index in [2.05, 4.69) is 5.32 Å². The normalized spacial score (nSPS) is 11.2. The van der Waals surface area contributed by atoms with E-state index in [1.165, 1.54) is 12.6 Å². The number of methoxy groups -OCH3 is 1. The zero-order valence-corrected chi connectivity index (χ0v) is 16.9. The molecule has 2 amide bonds. The van der Waals surface area contributed by atoms with Gasteiger partial charge in [0.1, 0.15) is 11.6 Å². The minimum Gasteiger partial charge on any atom is -0.497 e. The Labute approximate surface area is 177 Å². The topological polar surface area (TPSA) is 87.7 Å². The Kier molecular flexibility index (Phi) is 9.08. The van der Waals surface area contributed by atoms with Crippen molar-refractivity contribution in [2.24, 2.45) is 0 Å². The number of carbonyl (C=O) groups is 2. The molecule has 31 heavy (non-hydrogen) atoms. The Morgan fingerprint density at radius 2 is 1.68 bits per heavy atom. The fourth-order valence-electron chi connectivity index (χ4n) is 2.81. The van der Waals surface area contributed by atoms with Gasteiger partial charge in [-0.25, -0.2) is 18.7 Å². The maximum Gasteiger partial charge on any atom is 0.251 e. The summed E-state index contributed by atoms with van der Waals surface area (Å²) in [5.41, 5.74) is 1.19. The molecule has 9 heteroatoms. The molecule has 0 saturated carbocycles. The predicted molar refractivity (Wildman–Crippen MR) is 109 cm³/mol. The Morgan fingerprint density at radius 3 is 2.32 bits per heavy atom. The van der Waals surface area contributed by atoms with Crippen molar-refractivity contribution in [3.63, 3.8) is 0 Å². The first-order chi connectivity index (χ1) is 14.9. The summed E-state index contributed by atoms with van der Waals surface area (Å²) in [6.45, 7) is 0.251. The van der Waals surface area contributed by atoms with Crippen LogP contribution in [0.25, 0.3) is 11.6 Å². The number of carbonyl (C=O) groups excluding carboxylic acids is 2. The minimum atomic E-state index is -1.39. The first-order valence-electron chi connectivity index (χ1n) is 9.58. The summed E-state index contributed by atoms with van der Waals surface area (Å²) in [6, 6.07) is 7.73. The van der Waals surface area contributed by atoms with Crippen LogP contribution in [0.1, 0.15) is 36.8 Å². The van der Waals surface area contributed by atoms with Crippen molar-refractivity contribution in [3.05, 3.63) is 65.0 Å². The Hall–Kier alpha value is -3.33. The SMILES string of the molecule is COc1ccc(C(=Cc2c(F)ccc(F)c2F)C(=O)NCCCCCC(=O)NO)cc1. The van der Waals surface area contributed by atoms with Crippen molar-refractivity contribution in [2.75, 3.05) is 13.7 Å². The van der Waals surface area contributed by atoms with Gasteiger partial charge >= 0.3 is 0 Å². The second kappa shape index (κ2) is 11.8. The number of rotatable bonds is 10. The van der Waals surface area contributed by atoms with E-state index in [4.69, 9.17) is 9.94 Å². The van der Waals surface area contributed by atoms with E-state index >= 15 is 0 Å². The van der Waals surface area contributed by atoms with Crippen LogP contribution < -0.4 is 15.5 Å². The lowest BCUT2D eigenvalue weighted by atomic mass is 10.0. The highest BCUT2D eigenvalue weighted by Crippen LogP contribution is 2.25. The molecule has 2 aromatic carbocycles. The number of hydrogen-bond acceptors (Lipinski definition) is 4. The minimum absolute atomic E-state index is 0.0503. The first-order valence-corrected chi connectivity index (χ1v) is 9.58. The van der Waals surface area contributed by atoms with Crippen molar-refractivity contribution >= 4 is 23.5 Å². The standard InChI is InChI=1S/C22H23F3N2O4/c1-31-15-8-6-14(7-9-15)16(13-17-18(23)10-11-19(24)21(17)25)22(29)26-12-4-2-3-5-20(28)27-30/h6-11,13,30H,2-5,12H2,1H3,(H,26,29)(H,27,28). The molecular formula is C22H23F3N2O4. The van der Waals surface area contributed by atoms with Gasteiger partial charge in [0.25, 0.3) is 5.91 Å². The molecule has 3 N–H and O–H groups in total. The predicted octanol–water partition coefficient (Wildman–Crippen LogP) is 3.84. The zero-order valence-electron chi connectivity index (χ0n) is 16.9. The third-order valence-electron chi connectivity index (χ3n) is 4.50. The van der Waals surface area contributed by atoms with Crippen molar-refractivity contribution < 1.29 is 32.7 Å². The average molecular weight is 436 g/mol. The number of nitrogens with one attached hydrogen (secondary N) is 2. The number of benzene rings is 2. The molecule has 0 saturated heterocycles. The molecular weight excluding hydrogens is 413 g/mol. The summed E-state index contributed by atoms with van der Waals surface area (Å²) in [5, 5.41) is 11.1. The van der Waals surface area contributed by atoms with Gasteiger partial charge in [-0.1, -0.05) is 18.6 Å². The third kappa shape index (κ3) is 6.85. The van der Waals surface area contributed by atoms with Crippen LogP contribution in [0.3, 0.4) is 0 Å². The van der Waals surface area contributed by atoms with Gasteiger partial charge in [-0.3, -0.25) is 14.8 Å². The van der Waals surface area contributed by atoms with E-state index in [1.807, 2.05) is 0 Å². The van der Waals surface area contributed by atoms with Crippen LogP contribution in [-0.2, 0) is 9.59 Å². The largest absolute Gasteiger partial charge is 0.497 e. The highest BCUT2D eigenvalue weighted by atomic mass is 19.2. The molecule has 2 rings (SSSR count). The molecule has 0 aromatic heterocycles. The van der Waals surface area contributed by atoms with Gasteiger partial charge in [0.05, 0.1) is 7.11 Å². The lowest BCUT2D eigenvalue weighted by Crippen LogP contribution is -2.25. The molecule has 0 aliphatic heterocycles. The second-order valence-corrected chi connectivity index (χ2v) is 6.64. The van der Waals surface area contributed by atoms with Gasteiger partial charge in [-0.05, 0) is 48.7 Å². The first kappa shape index (κ1) is 23.9. The molecule has 6 nitrogen and oxygen atoms in total. The van der Waals surface area contributed by atoms with Crippen molar-refractivity contribution in [1.29, 1.82) is 0 Å². The Balaban J connectivity index is 2.19. The molecule has 166 valence electrons. The van der Waals surface area contributed by atoms with Gasteiger partial charge in [-0.2, -0.15) is 0 Å². The van der Waals surface area contributed by atoms with Crippen molar-refractivity contribution in [1.82, 2.24) is 10.8 Å². The van der Waals surface area contributed by atoms with Crippen LogP contribution in [0.5, 0.6) is 5.75 Å². The smallest absolute Gasteiger partial charge is 0.251 e. The Bertz CT molecular complexity index is 947. The molecule has 0 fully saturated rings. The summed E-state index contributed by atoms with van der Waals surface area (Å²) in [6.07, 6.45) is 2.80. The fraction of sp³-hybridized carbons (Fsp3) is 0.273. The van der Waals surface area contributed by atoms with E-state index in [9.17, 15) is 22.8 Å². The molecule has 2 aromatic rings. The summed E-state index contributed by atoms with van der Waals surface area (Å²) in [7, 11) is 1.47. The molecule has 0 heterocycles. The molecule has 0 radical (unpaired) electrons. The van der Waals surface area contributed by atoms with Crippen molar-refractivity contribution in [2.45, 2.75) is 25.7 Å². The monoisotopic (exact) mass is 436 g/mol. The lowest BCUT2D eigenvalue weighted by Gasteiger charge is -2.11. The number of unbranched alkanes of at least 4 members (excludes halogenated alkanes) is 2. The maximum atomic E-state index is 14.1. The summed E-state index contributed by atoms with van der Waals surface area (Å²) < 4.78 is 46.9. The van der Waals surface area contributed by atoms with Gasteiger partial charge in [0, 0.05) is 24.1 Å². The number of halogens is 3. The summed E-state index contributed by atoms with van der Waals surface area (Å²) in [5.74, 6) is -4.18. The molecule has 0 spiro atoms. The van der Waals surface area contributed by atoms with E-state index in [1.54, 1.807) is 24.3 Å². The van der Waals surface area contributed by atoms with Crippen LogP contribution >= 0.6 is 0 Å². The van der Waals surface area contributed by atoms with Gasteiger partial charge < -0.3 is 10.1 Å². The number of hydroxylamine groups is 1. The number of amides is 2. The number of ether oxygens (including phenoxy) is 1. The van der Waals surface area contributed by atoms with Crippen LogP contribution in [0.2, 0.25) is 0 Å². The second-order valence-electron chi connectivity index (χ2n) is 6.64. The quantitative estimate of drug-likeness (QED) is 0.132. The van der Waals surface area contributed by atoms with Crippen LogP contribution in [-0.4, -0.2) is 30.7 Å². The summed E-state index contributed by atoms with van der Waals surface area (Å²) in [4.78, 5) is 23.7. The lowest BCUT2D eigenvalue weighted by molar-refractivity contribution is -0.129. The molecule has 0 unspecified atom stereocenters. The zero-order chi connectivity index (χ0) is 22.8. The third-order valence-corrected chi connectivity index (χ3v) is 4.50. The Morgan fingerprint density at radius 1 is 1.00 bits per heavy atom. The highest BCUT2D eigenvalue weighted by Gasteiger charge is 2.17. The van der Waals surface area contributed by atoms with E-state index in [0.717, 1.165) is 12.1 Å². The van der Waals surface area contributed by atoms with Crippen molar-refractivity contribution in [3.8, 4) is 5.75 Å². The molecule has 0 atom stereocenters. The fourth-order valence-corrected chi connectivity index (χ4v) is 2.81. The highest BCUT2D eigenvalue weighted by molar-refractivity contribution is 6.24. The molecule has 0 aliphatic rings. The van der Waals surface area contributed by atoms with Gasteiger partial charge in [0.15, 0.2) is 11.6 Å². The molecule has 0 aliphatic carbocycles.